The summed E-state index contributed by atoms with van der Waals surface area (Å²) in [7, 11) is 0. The van der Waals surface area contributed by atoms with Gasteiger partial charge in [-0.3, -0.25) is 19.6 Å². The van der Waals surface area contributed by atoms with E-state index in [0.29, 0.717) is 18.5 Å². The molecule has 0 aliphatic carbocycles. The fourth-order valence-electron chi connectivity index (χ4n) is 4.74. The lowest BCUT2D eigenvalue weighted by molar-refractivity contribution is -0.122. The number of carbonyl (C=O) groups is 2. The molecule has 0 saturated carbocycles. The van der Waals surface area contributed by atoms with Crippen molar-refractivity contribution in [1.29, 1.82) is 0 Å². The van der Waals surface area contributed by atoms with Crippen LogP contribution < -0.4 is 11.1 Å². The Balaban J connectivity index is 1.26. The van der Waals surface area contributed by atoms with Gasteiger partial charge in [0.2, 0.25) is 5.91 Å². The largest absolute Gasteiger partial charge is 0.459 e. The average molecular weight is 467 g/mol. The Morgan fingerprint density at radius 1 is 1.11 bits per heavy atom. The fraction of sp³-hybridized carbons (Fsp3) is 0.154. The first kappa shape index (κ1) is 20.9. The third-order valence-electron chi connectivity index (χ3n) is 6.49. The van der Waals surface area contributed by atoms with Crippen molar-refractivity contribution in [3.8, 4) is 0 Å². The number of H-pyrrole nitrogens is 1. The van der Waals surface area contributed by atoms with E-state index < -0.39 is 11.9 Å². The molecule has 35 heavy (non-hydrogen) atoms. The minimum Gasteiger partial charge on any atom is -0.459 e. The van der Waals surface area contributed by atoms with Crippen LogP contribution in [-0.4, -0.2) is 37.7 Å². The summed E-state index contributed by atoms with van der Waals surface area (Å²) >= 11 is 0. The average Bonchev–Trinajstić information content (AvgIpc) is 3.50. The third-order valence-corrected chi connectivity index (χ3v) is 6.49. The van der Waals surface area contributed by atoms with E-state index >= 15 is 0 Å². The molecule has 0 bridgehead atoms. The van der Waals surface area contributed by atoms with Crippen LogP contribution in [0.15, 0.2) is 71.6 Å². The van der Waals surface area contributed by atoms with Crippen LogP contribution in [0.4, 0.5) is 5.69 Å². The molecule has 2 amide bonds. The number of carbonyl (C=O) groups excluding carboxylic acids is 2. The molecule has 1 unspecified atom stereocenters. The molecule has 4 N–H and O–H groups in total. The number of hydrogen-bond donors (Lipinski definition) is 3. The number of amides is 2. The highest BCUT2D eigenvalue weighted by atomic mass is 16.3. The molecule has 3 aromatic heterocycles. The number of rotatable bonds is 5. The second-order valence-electron chi connectivity index (χ2n) is 8.57. The number of nitrogens with one attached hydrogen (secondary N) is 2. The third kappa shape index (κ3) is 3.67. The standard InChI is InChI=1S/C26H22N6O3/c27-25(33)23-12-18-17-3-1-2-4-19(17)31-22(18)14-32(23)26(34)24-15(7-10-35-24)13-30-16-5-6-20-21(11-16)29-9-8-28-20/h1-11,23,30-31H,12-14H2,(H2,27,33). The van der Waals surface area contributed by atoms with E-state index in [4.69, 9.17) is 10.2 Å². The molecular weight excluding hydrogens is 444 g/mol. The molecular formula is C26H22N6O3. The van der Waals surface area contributed by atoms with Gasteiger partial charge in [0.05, 0.1) is 23.8 Å². The second kappa shape index (κ2) is 8.28. The van der Waals surface area contributed by atoms with Gasteiger partial charge in [0.1, 0.15) is 6.04 Å². The van der Waals surface area contributed by atoms with Gasteiger partial charge in [-0.15, -0.1) is 0 Å². The second-order valence-corrected chi connectivity index (χ2v) is 8.57. The van der Waals surface area contributed by atoms with Crippen molar-refractivity contribution < 1.29 is 14.0 Å². The molecule has 9 nitrogen and oxygen atoms in total. The molecule has 2 aromatic carbocycles. The number of nitrogens with two attached hydrogens (primary N) is 1. The van der Waals surface area contributed by atoms with Crippen LogP contribution in [0.2, 0.25) is 0 Å². The summed E-state index contributed by atoms with van der Waals surface area (Å²) in [6.45, 7) is 0.601. The van der Waals surface area contributed by atoms with Gasteiger partial charge in [0, 0.05) is 53.2 Å². The van der Waals surface area contributed by atoms with Crippen LogP contribution in [-0.2, 0) is 24.3 Å². The Morgan fingerprint density at radius 3 is 2.80 bits per heavy atom. The topological polar surface area (TPSA) is 130 Å². The van der Waals surface area contributed by atoms with Crippen LogP contribution in [0.3, 0.4) is 0 Å². The molecule has 0 saturated heterocycles. The van der Waals surface area contributed by atoms with E-state index in [2.05, 4.69) is 20.3 Å². The van der Waals surface area contributed by atoms with E-state index in [1.54, 1.807) is 18.5 Å². The highest BCUT2D eigenvalue weighted by Crippen LogP contribution is 2.31. The number of hydrogen-bond acceptors (Lipinski definition) is 6. The summed E-state index contributed by atoms with van der Waals surface area (Å²) in [5, 5.41) is 4.35. The Morgan fingerprint density at radius 2 is 1.94 bits per heavy atom. The minimum atomic E-state index is -0.765. The van der Waals surface area contributed by atoms with Gasteiger partial charge >= 0.3 is 0 Å². The molecule has 1 aliphatic heterocycles. The van der Waals surface area contributed by atoms with Gasteiger partial charge in [-0.25, -0.2) is 0 Å². The van der Waals surface area contributed by atoms with Gasteiger partial charge in [-0.05, 0) is 35.9 Å². The molecule has 9 heteroatoms. The number of aromatic amines is 1. The van der Waals surface area contributed by atoms with Gasteiger partial charge in [-0.1, -0.05) is 18.2 Å². The van der Waals surface area contributed by atoms with E-state index in [0.717, 1.165) is 38.9 Å². The SMILES string of the molecule is NC(=O)C1Cc2c([nH]c3ccccc23)CN1C(=O)c1occc1CNc1ccc2nccnc2c1. The maximum Gasteiger partial charge on any atom is 0.290 e. The molecule has 174 valence electrons. The molecule has 1 aliphatic rings. The number of para-hydroxylation sites is 1. The van der Waals surface area contributed by atoms with E-state index in [-0.39, 0.29) is 18.2 Å². The molecule has 1 atom stereocenters. The first-order valence-electron chi connectivity index (χ1n) is 11.3. The number of benzene rings is 2. The Hall–Kier alpha value is -4.66. The molecule has 0 fully saturated rings. The lowest BCUT2D eigenvalue weighted by Gasteiger charge is -2.33. The van der Waals surface area contributed by atoms with Crippen molar-refractivity contribution >= 4 is 39.4 Å². The predicted octanol–water partition coefficient (Wildman–Crippen LogP) is 3.37. The van der Waals surface area contributed by atoms with Crippen molar-refractivity contribution in [2.45, 2.75) is 25.6 Å². The van der Waals surface area contributed by atoms with E-state index in [1.165, 1.54) is 11.2 Å². The first-order valence-corrected chi connectivity index (χ1v) is 11.3. The Labute approximate surface area is 200 Å². The number of anilines is 1. The van der Waals surface area contributed by atoms with Crippen LogP contribution in [0, 0.1) is 0 Å². The summed E-state index contributed by atoms with van der Waals surface area (Å²) in [6.07, 6.45) is 5.13. The summed E-state index contributed by atoms with van der Waals surface area (Å²) in [5.41, 5.74) is 11.7. The van der Waals surface area contributed by atoms with Crippen LogP contribution in [0.25, 0.3) is 21.9 Å². The monoisotopic (exact) mass is 466 g/mol. The fourth-order valence-corrected chi connectivity index (χ4v) is 4.74. The number of fused-ring (bicyclic) bond motifs is 4. The molecule has 0 radical (unpaired) electrons. The smallest absolute Gasteiger partial charge is 0.290 e. The Kier molecular flexibility index (Phi) is 4.95. The highest BCUT2D eigenvalue weighted by Gasteiger charge is 2.37. The summed E-state index contributed by atoms with van der Waals surface area (Å²) < 4.78 is 5.60. The Bertz CT molecular complexity index is 1590. The number of nitrogens with zero attached hydrogens (tertiary/aromatic N) is 3. The molecule has 6 rings (SSSR count). The van der Waals surface area contributed by atoms with Crippen molar-refractivity contribution in [3.05, 3.63) is 89.8 Å². The first-order chi connectivity index (χ1) is 17.1. The minimum absolute atomic E-state index is 0.184. The number of aromatic nitrogens is 3. The van der Waals surface area contributed by atoms with Crippen molar-refractivity contribution in [2.24, 2.45) is 5.73 Å². The van der Waals surface area contributed by atoms with Crippen molar-refractivity contribution in [2.75, 3.05) is 5.32 Å². The van der Waals surface area contributed by atoms with Crippen molar-refractivity contribution in [1.82, 2.24) is 19.9 Å². The summed E-state index contributed by atoms with van der Waals surface area (Å²) in [5.74, 6) is -0.731. The van der Waals surface area contributed by atoms with Crippen LogP contribution >= 0.6 is 0 Å². The van der Waals surface area contributed by atoms with E-state index in [1.807, 2.05) is 42.5 Å². The van der Waals surface area contributed by atoms with Gasteiger partial charge in [-0.2, -0.15) is 0 Å². The highest BCUT2D eigenvalue weighted by molar-refractivity contribution is 5.97. The maximum atomic E-state index is 13.6. The maximum absolute atomic E-state index is 13.6. The molecule has 0 spiro atoms. The lowest BCUT2D eigenvalue weighted by Crippen LogP contribution is -2.51. The lowest BCUT2D eigenvalue weighted by atomic mass is 9.95. The van der Waals surface area contributed by atoms with Gasteiger partial charge < -0.3 is 25.4 Å². The zero-order valence-electron chi connectivity index (χ0n) is 18.7. The van der Waals surface area contributed by atoms with Crippen molar-refractivity contribution in [3.63, 3.8) is 0 Å². The predicted molar refractivity (Wildman–Crippen MR) is 130 cm³/mol. The number of primary amides is 1. The molecule has 5 aromatic rings. The summed E-state index contributed by atoms with van der Waals surface area (Å²) in [6, 6.07) is 14.6. The van der Waals surface area contributed by atoms with Gasteiger partial charge in [0.25, 0.3) is 5.91 Å². The van der Waals surface area contributed by atoms with Crippen LogP contribution in [0.1, 0.15) is 27.4 Å². The van der Waals surface area contributed by atoms with Gasteiger partial charge in [0.15, 0.2) is 5.76 Å². The zero-order chi connectivity index (χ0) is 23.9. The quantitative estimate of drug-likeness (QED) is 0.364. The van der Waals surface area contributed by atoms with Crippen LogP contribution in [0.5, 0.6) is 0 Å². The zero-order valence-corrected chi connectivity index (χ0v) is 18.7. The summed E-state index contributed by atoms with van der Waals surface area (Å²) in [4.78, 5) is 39.4. The number of furan rings is 1. The normalized spacial score (nSPS) is 15.3. The van der Waals surface area contributed by atoms with E-state index in [9.17, 15) is 9.59 Å². The molecule has 4 heterocycles.